The smallest absolute Gasteiger partial charge is 0.303 e. The Morgan fingerprint density at radius 2 is 1.85 bits per heavy atom. The molecule has 2 aromatic carbocycles. The molecule has 41 heavy (non-hydrogen) atoms. The average Bonchev–Trinajstić information content (AvgIpc) is 3.43. The third-order valence-electron chi connectivity index (χ3n) is 6.00. The molecule has 0 saturated heterocycles. The maximum Gasteiger partial charge on any atom is 0.303 e. The number of pyridine rings is 1. The van der Waals surface area contributed by atoms with Crippen molar-refractivity contribution in [3.05, 3.63) is 87.3 Å². The number of nitrogens with one attached hydrogen (secondary N) is 1. The van der Waals surface area contributed by atoms with Crippen molar-refractivity contribution in [2.75, 3.05) is 6.61 Å². The van der Waals surface area contributed by atoms with Crippen LogP contribution in [0.2, 0.25) is 5.02 Å². The van der Waals surface area contributed by atoms with Crippen LogP contribution in [-0.2, 0) is 10.5 Å². The van der Waals surface area contributed by atoms with Crippen LogP contribution in [0.3, 0.4) is 0 Å². The number of hydrogen-bond acceptors (Lipinski definition) is 9. The van der Waals surface area contributed by atoms with Gasteiger partial charge in [0.2, 0.25) is 5.89 Å². The van der Waals surface area contributed by atoms with Crippen LogP contribution in [0.5, 0.6) is 5.75 Å². The molecular weight excluding hydrogens is 566 g/mol. The normalized spacial score (nSPS) is 11.0. The van der Waals surface area contributed by atoms with Gasteiger partial charge in [-0.3, -0.25) is 9.59 Å². The summed E-state index contributed by atoms with van der Waals surface area (Å²) in [6.45, 7) is 1.91. The van der Waals surface area contributed by atoms with Gasteiger partial charge in [-0.05, 0) is 55.3 Å². The molecule has 0 aliphatic carbocycles. The van der Waals surface area contributed by atoms with Crippen LogP contribution in [0, 0.1) is 18.3 Å². The van der Waals surface area contributed by atoms with E-state index < -0.39 is 11.5 Å². The second kappa shape index (κ2) is 12.2. The molecule has 206 valence electrons. The molecule has 3 aromatic heterocycles. The van der Waals surface area contributed by atoms with E-state index >= 15 is 0 Å². The number of hydrogen-bond donors (Lipinski definition) is 2. The first-order valence-corrected chi connectivity index (χ1v) is 13.8. The maximum absolute atomic E-state index is 13.1. The number of oxazole rings is 1. The standard InChI is InChI=1S/C29H22ClN5O5S/c1-16-32-26-25(27(38)33-16)24(17-6-10-21(11-7-17)39-12-2-3-23(36)37)22(13-31)29(35-26)41-15-20-14-40-28(34-20)18-4-8-19(30)9-5-18/h4-11,14H,2-3,12,15H2,1H3,(H,36,37)(H,32,33,35,38). The monoisotopic (exact) mass is 587 g/mol. The number of thioether (sulfide) groups is 1. The summed E-state index contributed by atoms with van der Waals surface area (Å²) in [5, 5.41) is 20.2. The fraction of sp³-hybridized carbons (Fsp3) is 0.172. The lowest BCUT2D eigenvalue weighted by Gasteiger charge is -2.13. The van der Waals surface area contributed by atoms with E-state index in [0.717, 1.165) is 5.56 Å². The van der Waals surface area contributed by atoms with Crippen LogP contribution < -0.4 is 10.3 Å². The molecule has 0 spiro atoms. The number of carbonyl (C=O) groups is 1. The van der Waals surface area contributed by atoms with Crippen LogP contribution in [0.1, 0.15) is 29.9 Å². The molecule has 5 aromatic rings. The number of carboxylic acids is 1. The second-order valence-corrected chi connectivity index (χ2v) is 10.3. The van der Waals surface area contributed by atoms with E-state index in [-0.39, 0.29) is 29.6 Å². The van der Waals surface area contributed by atoms with Crippen molar-refractivity contribution in [1.29, 1.82) is 5.26 Å². The van der Waals surface area contributed by atoms with E-state index in [2.05, 4.69) is 26.0 Å². The Kier molecular flexibility index (Phi) is 8.33. The molecule has 0 radical (unpaired) electrons. The SMILES string of the molecule is Cc1nc2nc(SCc3coc(-c4ccc(Cl)cc4)n3)c(C#N)c(-c3ccc(OCCCC(=O)O)cc3)c2c(=O)[nH]1. The van der Waals surface area contributed by atoms with Gasteiger partial charge in [0, 0.05) is 28.3 Å². The van der Waals surface area contributed by atoms with Gasteiger partial charge in [-0.1, -0.05) is 35.5 Å². The molecule has 0 amide bonds. The third kappa shape index (κ3) is 6.40. The zero-order chi connectivity index (χ0) is 28.9. The summed E-state index contributed by atoms with van der Waals surface area (Å²) < 4.78 is 11.3. The van der Waals surface area contributed by atoms with Gasteiger partial charge >= 0.3 is 5.97 Å². The Morgan fingerprint density at radius 1 is 1.12 bits per heavy atom. The van der Waals surface area contributed by atoms with E-state index in [1.165, 1.54) is 11.8 Å². The van der Waals surface area contributed by atoms with Crippen LogP contribution in [0.25, 0.3) is 33.6 Å². The van der Waals surface area contributed by atoms with E-state index in [1.54, 1.807) is 49.6 Å². The lowest BCUT2D eigenvalue weighted by molar-refractivity contribution is -0.137. The molecule has 0 aliphatic rings. The Hall–Kier alpha value is -4.66. The molecule has 0 unspecified atom stereocenters. The van der Waals surface area contributed by atoms with Gasteiger partial charge in [-0.2, -0.15) is 5.26 Å². The minimum Gasteiger partial charge on any atom is -0.494 e. The van der Waals surface area contributed by atoms with E-state index in [9.17, 15) is 14.9 Å². The highest BCUT2D eigenvalue weighted by Gasteiger charge is 2.21. The first-order valence-electron chi connectivity index (χ1n) is 12.5. The highest BCUT2D eigenvalue weighted by molar-refractivity contribution is 7.98. The summed E-state index contributed by atoms with van der Waals surface area (Å²) in [7, 11) is 0. The number of H-pyrrole nitrogens is 1. The van der Waals surface area contributed by atoms with Crippen molar-refractivity contribution >= 4 is 40.4 Å². The number of fused-ring (bicyclic) bond motifs is 1. The minimum atomic E-state index is -0.883. The number of ether oxygens (including phenoxy) is 1. The van der Waals surface area contributed by atoms with Gasteiger partial charge in [-0.15, -0.1) is 0 Å². The second-order valence-electron chi connectivity index (χ2n) is 8.94. The molecule has 0 fully saturated rings. The number of nitrogens with zero attached hydrogens (tertiary/aromatic N) is 4. The van der Waals surface area contributed by atoms with Crippen molar-refractivity contribution in [3.8, 4) is 34.4 Å². The third-order valence-corrected chi connectivity index (χ3v) is 7.26. The minimum absolute atomic E-state index is 0.0129. The van der Waals surface area contributed by atoms with Crippen LogP contribution in [0.15, 0.2) is 69.0 Å². The number of carboxylic acid groups (broad SMARTS) is 1. The molecule has 12 heteroatoms. The maximum atomic E-state index is 13.1. The van der Waals surface area contributed by atoms with Crippen molar-refractivity contribution in [3.63, 3.8) is 0 Å². The topological polar surface area (TPSA) is 155 Å². The first kappa shape index (κ1) is 27.9. The van der Waals surface area contributed by atoms with E-state index in [4.69, 9.17) is 25.9 Å². The number of aryl methyl sites for hydroxylation is 1. The molecule has 3 heterocycles. The van der Waals surface area contributed by atoms with Crippen LogP contribution >= 0.6 is 23.4 Å². The summed E-state index contributed by atoms with van der Waals surface area (Å²) in [6, 6.07) is 16.3. The van der Waals surface area contributed by atoms with Crippen molar-refractivity contribution in [1.82, 2.24) is 19.9 Å². The van der Waals surface area contributed by atoms with Crippen molar-refractivity contribution < 1.29 is 19.1 Å². The number of aliphatic carboxylic acids is 1. The molecule has 2 N–H and O–H groups in total. The Balaban J connectivity index is 1.47. The predicted octanol–water partition coefficient (Wildman–Crippen LogP) is 6.01. The summed E-state index contributed by atoms with van der Waals surface area (Å²) in [5.74, 6) is 0.853. The fourth-order valence-corrected chi connectivity index (χ4v) is 5.12. The summed E-state index contributed by atoms with van der Waals surface area (Å²) >= 11 is 7.26. The largest absolute Gasteiger partial charge is 0.494 e. The molecule has 0 bridgehead atoms. The number of rotatable bonds is 10. The summed E-state index contributed by atoms with van der Waals surface area (Å²) in [4.78, 5) is 40.0. The van der Waals surface area contributed by atoms with Gasteiger partial charge in [-0.25, -0.2) is 15.0 Å². The van der Waals surface area contributed by atoms with E-state index in [0.29, 0.717) is 56.5 Å². The van der Waals surface area contributed by atoms with E-state index in [1.807, 2.05) is 12.1 Å². The van der Waals surface area contributed by atoms with Gasteiger partial charge < -0.3 is 19.2 Å². The molecular formula is C29H22ClN5O5S. The number of nitriles is 1. The Morgan fingerprint density at radius 3 is 2.56 bits per heavy atom. The van der Waals surface area contributed by atoms with Crippen molar-refractivity contribution in [2.24, 2.45) is 0 Å². The zero-order valence-electron chi connectivity index (χ0n) is 21.7. The fourth-order valence-electron chi connectivity index (χ4n) is 4.13. The van der Waals surface area contributed by atoms with Crippen molar-refractivity contribution in [2.45, 2.75) is 30.5 Å². The number of halogens is 1. The summed E-state index contributed by atoms with van der Waals surface area (Å²) in [5.41, 5.74) is 2.49. The highest BCUT2D eigenvalue weighted by atomic mass is 35.5. The first-order chi connectivity index (χ1) is 19.8. The molecule has 0 atom stereocenters. The average molecular weight is 588 g/mol. The highest BCUT2D eigenvalue weighted by Crippen LogP contribution is 2.36. The van der Waals surface area contributed by atoms with Gasteiger partial charge in [0.05, 0.1) is 23.3 Å². The predicted molar refractivity (Wildman–Crippen MR) is 154 cm³/mol. The van der Waals surface area contributed by atoms with Crippen LogP contribution in [-0.4, -0.2) is 37.6 Å². The number of aromatic nitrogens is 4. The van der Waals surface area contributed by atoms with Gasteiger partial charge in [0.15, 0.2) is 5.65 Å². The number of aromatic amines is 1. The zero-order valence-corrected chi connectivity index (χ0v) is 23.3. The molecule has 10 nitrogen and oxygen atoms in total. The van der Waals surface area contributed by atoms with Gasteiger partial charge in [0.25, 0.3) is 5.56 Å². The molecule has 5 rings (SSSR count). The Bertz CT molecular complexity index is 1830. The van der Waals surface area contributed by atoms with Gasteiger partial charge in [0.1, 0.15) is 28.9 Å². The summed E-state index contributed by atoms with van der Waals surface area (Å²) in [6.07, 6.45) is 1.94. The van der Waals surface area contributed by atoms with Crippen LogP contribution in [0.4, 0.5) is 0 Å². The molecule has 0 saturated carbocycles. The molecule has 0 aliphatic heterocycles. The quantitative estimate of drug-likeness (QED) is 0.146. The lowest BCUT2D eigenvalue weighted by Crippen LogP contribution is -2.13. The Labute approximate surface area is 243 Å². The lowest BCUT2D eigenvalue weighted by atomic mass is 9.98. The number of benzene rings is 2.